The highest BCUT2D eigenvalue weighted by molar-refractivity contribution is 9.10. The molecule has 3 nitrogen and oxygen atoms in total. The van der Waals surface area contributed by atoms with E-state index in [-0.39, 0.29) is 6.04 Å². The molecule has 0 spiro atoms. The van der Waals surface area contributed by atoms with Crippen LogP contribution >= 0.6 is 27.5 Å². The van der Waals surface area contributed by atoms with Gasteiger partial charge in [-0.2, -0.15) is 5.10 Å². The van der Waals surface area contributed by atoms with Crippen LogP contribution in [0.1, 0.15) is 38.1 Å². The Bertz CT molecular complexity index is 590. The third-order valence-electron chi connectivity index (χ3n) is 3.21. The number of benzene rings is 1. The molecule has 0 radical (unpaired) electrons. The molecule has 1 N–H and O–H groups in total. The zero-order valence-electron chi connectivity index (χ0n) is 11.8. The van der Waals surface area contributed by atoms with Gasteiger partial charge in [0.05, 0.1) is 16.4 Å². The van der Waals surface area contributed by atoms with Crippen molar-refractivity contribution in [3.8, 4) is 0 Å². The summed E-state index contributed by atoms with van der Waals surface area (Å²) >= 11 is 9.37. The van der Waals surface area contributed by atoms with E-state index in [1.54, 1.807) is 6.20 Å². The number of hydrogen-bond acceptors (Lipinski definition) is 2. The van der Waals surface area contributed by atoms with E-state index in [0.29, 0.717) is 11.4 Å². The van der Waals surface area contributed by atoms with Gasteiger partial charge in [0.2, 0.25) is 0 Å². The zero-order valence-corrected chi connectivity index (χ0v) is 14.1. The van der Waals surface area contributed by atoms with Crippen molar-refractivity contribution < 1.29 is 5.11 Å². The molecule has 0 aliphatic rings. The lowest BCUT2D eigenvalue weighted by molar-refractivity contribution is 0.0458. The van der Waals surface area contributed by atoms with Crippen LogP contribution in [0.4, 0.5) is 0 Å². The number of halogens is 2. The van der Waals surface area contributed by atoms with E-state index in [4.69, 9.17) is 11.6 Å². The fraction of sp³-hybridized carbons (Fsp3) is 0.400. The second-order valence-electron chi connectivity index (χ2n) is 5.46. The van der Waals surface area contributed by atoms with Crippen molar-refractivity contribution in [2.24, 2.45) is 0 Å². The molecule has 0 bridgehead atoms. The van der Waals surface area contributed by atoms with E-state index in [2.05, 4.69) is 21.0 Å². The Morgan fingerprint density at radius 1 is 1.35 bits per heavy atom. The summed E-state index contributed by atoms with van der Waals surface area (Å²) < 4.78 is 2.67. The van der Waals surface area contributed by atoms with Gasteiger partial charge in [-0.3, -0.25) is 4.68 Å². The molecule has 1 aromatic carbocycles. The van der Waals surface area contributed by atoms with Crippen molar-refractivity contribution in [3.63, 3.8) is 0 Å². The number of hydrogen-bond donors (Lipinski definition) is 1. The van der Waals surface area contributed by atoms with Crippen molar-refractivity contribution in [1.82, 2.24) is 9.78 Å². The van der Waals surface area contributed by atoms with Crippen LogP contribution in [-0.4, -0.2) is 14.9 Å². The minimum atomic E-state index is -1.01. The largest absolute Gasteiger partial charge is 0.383 e. The maximum absolute atomic E-state index is 10.9. The van der Waals surface area contributed by atoms with Crippen molar-refractivity contribution in [2.45, 2.75) is 38.8 Å². The topological polar surface area (TPSA) is 38.0 Å². The van der Waals surface area contributed by atoms with E-state index >= 15 is 0 Å². The summed E-state index contributed by atoms with van der Waals surface area (Å²) in [6.45, 7) is 5.89. The van der Waals surface area contributed by atoms with Gasteiger partial charge in [0.25, 0.3) is 0 Å². The number of rotatable bonds is 4. The molecule has 0 saturated carbocycles. The van der Waals surface area contributed by atoms with Gasteiger partial charge in [-0.05, 0) is 54.4 Å². The molecule has 108 valence electrons. The summed E-state index contributed by atoms with van der Waals surface area (Å²) in [5.41, 5.74) is 0.818. The smallest absolute Gasteiger partial charge is 0.109 e. The van der Waals surface area contributed by atoms with Crippen LogP contribution in [0.5, 0.6) is 0 Å². The highest BCUT2D eigenvalue weighted by Crippen LogP contribution is 2.33. The van der Waals surface area contributed by atoms with Gasteiger partial charge in [-0.15, -0.1) is 0 Å². The van der Waals surface area contributed by atoms with Crippen molar-refractivity contribution in [3.05, 3.63) is 51.2 Å². The molecule has 0 aliphatic carbocycles. The molecule has 0 fully saturated rings. The van der Waals surface area contributed by atoms with Gasteiger partial charge in [-0.25, -0.2) is 0 Å². The molecule has 1 heterocycles. The standard InChI is InChI=1S/C15H18BrClN2O/c1-10(2)19-14(13(16)9-18-19)15(3,20)8-11-4-6-12(17)7-5-11/h4-7,9-10,20H,8H2,1-3H3. The number of aliphatic hydroxyl groups is 1. The number of aromatic nitrogens is 2. The van der Waals surface area contributed by atoms with Crippen LogP contribution in [0, 0.1) is 0 Å². The molecule has 0 saturated heterocycles. The highest BCUT2D eigenvalue weighted by Gasteiger charge is 2.31. The lowest BCUT2D eigenvalue weighted by atomic mass is 9.93. The van der Waals surface area contributed by atoms with E-state index in [1.807, 2.05) is 49.7 Å². The van der Waals surface area contributed by atoms with Gasteiger partial charge >= 0.3 is 0 Å². The minimum absolute atomic E-state index is 0.188. The third-order valence-corrected chi connectivity index (χ3v) is 4.04. The van der Waals surface area contributed by atoms with E-state index in [9.17, 15) is 5.11 Å². The van der Waals surface area contributed by atoms with Gasteiger partial charge in [0.1, 0.15) is 5.60 Å². The van der Waals surface area contributed by atoms with Crippen LogP contribution in [0.25, 0.3) is 0 Å². The first-order chi connectivity index (χ1) is 9.31. The van der Waals surface area contributed by atoms with Crippen molar-refractivity contribution >= 4 is 27.5 Å². The predicted octanol–water partition coefficient (Wildman–Crippen LogP) is 4.33. The Hall–Kier alpha value is -0.840. The number of nitrogens with zero attached hydrogens (tertiary/aromatic N) is 2. The second-order valence-corrected chi connectivity index (χ2v) is 6.75. The average Bonchev–Trinajstić information content (AvgIpc) is 2.75. The van der Waals surface area contributed by atoms with E-state index < -0.39 is 5.60 Å². The van der Waals surface area contributed by atoms with Crippen molar-refractivity contribution in [2.75, 3.05) is 0 Å². The molecular formula is C15H18BrClN2O. The molecule has 2 aromatic rings. The molecular weight excluding hydrogens is 340 g/mol. The minimum Gasteiger partial charge on any atom is -0.383 e. The normalized spacial score (nSPS) is 14.6. The molecule has 5 heteroatoms. The second kappa shape index (κ2) is 5.88. The molecule has 20 heavy (non-hydrogen) atoms. The predicted molar refractivity (Wildman–Crippen MR) is 85.0 cm³/mol. The molecule has 1 aromatic heterocycles. The molecule has 1 atom stereocenters. The lowest BCUT2D eigenvalue weighted by Crippen LogP contribution is -2.29. The monoisotopic (exact) mass is 356 g/mol. The van der Waals surface area contributed by atoms with Crippen LogP contribution < -0.4 is 0 Å². The summed E-state index contributed by atoms with van der Waals surface area (Å²) in [7, 11) is 0. The summed E-state index contributed by atoms with van der Waals surface area (Å²) in [6.07, 6.45) is 2.23. The molecule has 0 aliphatic heterocycles. The Labute approximate surface area is 132 Å². The maximum atomic E-state index is 10.9. The van der Waals surface area contributed by atoms with Gasteiger partial charge in [0, 0.05) is 17.5 Å². The maximum Gasteiger partial charge on any atom is 0.109 e. The highest BCUT2D eigenvalue weighted by atomic mass is 79.9. The molecule has 0 amide bonds. The summed E-state index contributed by atoms with van der Waals surface area (Å²) in [5, 5.41) is 15.9. The summed E-state index contributed by atoms with van der Waals surface area (Å²) in [6, 6.07) is 7.72. The first kappa shape index (κ1) is 15.5. The zero-order chi connectivity index (χ0) is 14.9. The summed E-state index contributed by atoms with van der Waals surface area (Å²) in [5.74, 6) is 0. The average molecular weight is 358 g/mol. The van der Waals surface area contributed by atoms with Gasteiger partial charge < -0.3 is 5.11 Å². The Morgan fingerprint density at radius 3 is 2.50 bits per heavy atom. The van der Waals surface area contributed by atoms with E-state index in [0.717, 1.165) is 15.7 Å². The van der Waals surface area contributed by atoms with Crippen LogP contribution in [0.3, 0.4) is 0 Å². The van der Waals surface area contributed by atoms with Crippen LogP contribution in [0.15, 0.2) is 34.9 Å². The SMILES string of the molecule is CC(C)n1ncc(Br)c1C(C)(O)Cc1ccc(Cl)cc1. The third kappa shape index (κ3) is 3.25. The Kier molecular flexibility index (Phi) is 4.57. The van der Waals surface area contributed by atoms with Crippen molar-refractivity contribution in [1.29, 1.82) is 0 Å². The van der Waals surface area contributed by atoms with Crippen LogP contribution in [-0.2, 0) is 12.0 Å². The fourth-order valence-electron chi connectivity index (χ4n) is 2.32. The van der Waals surface area contributed by atoms with Gasteiger partial charge in [-0.1, -0.05) is 23.7 Å². The first-order valence-electron chi connectivity index (χ1n) is 6.51. The first-order valence-corrected chi connectivity index (χ1v) is 7.68. The van der Waals surface area contributed by atoms with Gasteiger partial charge in [0.15, 0.2) is 0 Å². The molecule has 1 unspecified atom stereocenters. The van der Waals surface area contributed by atoms with E-state index in [1.165, 1.54) is 0 Å². The Balaban J connectivity index is 2.35. The fourth-order valence-corrected chi connectivity index (χ4v) is 3.15. The Morgan fingerprint density at radius 2 is 1.95 bits per heavy atom. The summed E-state index contributed by atoms with van der Waals surface area (Å²) in [4.78, 5) is 0. The lowest BCUT2D eigenvalue weighted by Gasteiger charge is -2.26. The molecule has 2 rings (SSSR count). The van der Waals surface area contributed by atoms with Crippen LogP contribution in [0.2, 0.25) is 5.02 Å². The quantitative estimate of drug-likeness (QED) is 0.884.